The molecule has 3 rings (SSSR count). The maximum absolute atomic E-state index is 5.98. The molecule has 0 aromatic heterocycles. The van der Waals surface area contributed by atoms with E-state index in [9.17, 15) is 0 Å². The summed E-state index contributed by atoms with van der Waals surface area (Å²) >= 11 is 0. The Hall–Kier alpha value is -0.820. The van der Waals surface area contributed by atoms with Gasteiger partial charge >= 0.3 is 0 Å². The molecule has 2 N–H and O–H groups in total. The fraction of sp³-hybridized carbons (Fsp3) is 0.600. The molecule has 0 radical (unpaired) electrons. The molecule has 0 heterocycles. The van der Waals surface area contributed by atoms with Gasteiger partial charge in [-0.2, -0.15) is 0 Å². The number of nitrogens with two attached hydrogens (primary N) is 1. The van der Waals surface area contributed by atoms with E-state index >= 15 is 0 Å². The summed E-state index contributed by atoms with van der Waals surface area (Å²) in [6, 6.07) is 7.05. The first-order valence-corrected chi connectivity index (χ1v) is 6.56. The van der Waals surface area contributed by atoms with Gasteiger partial charge < -0.3 is 5.73 Å². The Kier molecular flexibility index (Phi) is 2.32. The van der Waals surface area contributed by atoms with Gasteiger partial charge in [0.15, 0.2) is 0 Å². The molecule has 1 aromatic carbocycles. The SMILES string of the molecule is Cc1ccc2c(c1)CCC(CN)C21CCC1. The minimum Gasteiger partial charge on any atom is -0.330 e. The molecule has 1 heteroatoms. The van der Waals surface area contributed by atoms with E-state index in [0.717, 1.165) is 12.5 Å². The van der Waals surface area contributed by atoms with E-state index in [1.54, 1.807) is 11.1 Å². The van der Waals surface area contributed by atoms with E-state index in [0.29, 0.717) is 5.41 Å². The summed E-state index contributed by atoms with van der Waals surface area (Å²) in [5.41, 5.74) is 11.1. The van der Waals surface area contributed by atoms with Crippen LogP contribution in [0.2, 0.25) is 0 Å². The van der Waals surface area contributed by atoms with Gasteiger partial charge in [-0.25, -0.2) is 0 Å². The Morgan fingerprint density at radius 1 is 1.38 bits per heavy atom. The van der Waals surface area contributed by atoms with Crippen LogP contribution >= 0.6 is 0 Å². The third-order valence-electron chi connectivity index (χ3n) is 4.87. The van der Waals surface area contributed by atoms with Crippen molar-refractivity contribution in [2.75, 3.05) is 6.54 Å². The fourth-order valence-electron chi connectivity index (χ4n) is 3.82. The lowest BCUT2D eigenvalue weighted by molar-refractivity contribution is 0.129. The van der Waals surface area contributed by atoms with Crippen LogP contribution in [0, 0.1) is 12.8 Å². The van der Waals surface area contributed by atoms with Gasteiger partial charge in [-0.1, -0.05) is 30.2 Å². The van der Waals surface area contributed by atoms with E-state index in [-0.39, 0.29) is 0 Å². The van der Waals surface area contributed by atoms with Crippen LogP contribution in [0.3, 0.4) is 0 Å². The Balaban J connectivity index is 2.08. The van der Waals surface area contributed by atoms with Crippen molar-refractivity contribution < 1.29 is 0 Å². The molecule has 16 heavy (non-hydrogen) atoms. The van der Waals surface area contributed by atoms with Crippen molar-refractivity contribution >= 4 is 0 Å². The van der Waals surface area contributed by atoms with Gasteiger partial charge in [-0.3, -0.25) is 0 Å². The van der Waals surface area contributed by atoms with Crippen LogP contribution in [0.4, 0.5) is 0 Å². The number of benzene rings is 1. The Bertz CT molecular complexity index is 404. The summed E-state index contributed by atoms with van der Waals surface area (Å²) in [5.74, 6) is 0.733. The molecule has 86 valence electrons. The number of fused-ring (bicyclic) bond motifs is 2. The normalized spacial score (nSPS) is 26.2. The zero-order valence-corrected chi connectivity index (χ0v) is 10.1. The van der Waals surface area contributed by atoms with Crippen LogP contribution in [-0.2, 0) is 11.8 Å². The summed E-state index contributed by atoms with van der Waals surface area (Å²) in [4.78, 5) is 0. The van der Waals surface area contributed by atoms with Crippen LogP contribution in [-0.4, -0.2) is 6.54 Å². The summed E-state index contributed by atoms with van der Waals surface area (Å²) in [5, 5.41) is 0. The van der Waals surface area contributed by atoms with Crippen LogP contribution in [0.5, 0.6) is 0 Å². The molecule has 1 aromatic rings. The van der Waals surface area contributed by atoms with E-state index < -0.39 is 0 Å². The highest BCUT2D eigenvalue weighted by molar-refractivity contribution is 5.41. The number of rotatable bonds is 1. The van der Waals surface area contributed by atoms with E-state index in [1.807, 2.05) is 0 Å². The van der Waals surface area contributed by atoms with Gasteiger partial charge in [0.2, 0.25) is 0 Å². The van der Waals surface area contributed by atoms with Crippen LogP contribution < -0.4 is 5.73 Å². The van der Waals surface area contributed by atoms with Crippen molar-refractivity contribution in [1.29, 1.82) is 0 Å². The smallest absolute Gasteiger partial charge is 0.000390 e. The maximum Gasteiger partial charge on any atom is -0.000390 e. The highest BCUT2D eigenvalue weighted by Gasteiger charge is 2.47. The number of hydrogen-bond acceptors (Lipinski definition) is 1. The van der Waals surface area contributed by atoms with Gasteiger partial charge in [-0.05, 0) is 61.6 Å². The topological polar surface area (TPSA) is 26.0 Å². The minimum atomic E-state index is 0.468. The quantitative estimate of drug-likeness (QED) is 0.766. The summed E-state index contributed by atoms with van der Waals surface area (Å²) < 4.78 is 0. The van der Waals surface area contributed by atoms with Gasteiger partial charge in [0.25, 0.3) is 0 Å². The Morgan fingerprint density at radius 2 is 2.19 bits per heavy atom. The van der Waals surface area contributed by atoms with Gasteiger partial charge in [0.1, 0.15) is 0 Å². The van der Waals surface area contributed by atoms with Crippen LogP contribution in [0.25, 0.3) is 0 Å². The highest BCUT2D eigenvalue weighted by Crippen LogP contribution is 2.54. The first-order chi connectivity index (χ1) is 7.76. The van der Waals surface area contributed by atoms with Crippen LogP contribution in [0.15, 0.2) is 18.2 Å². The zero-order chi connectivity index (χ0) is 11.2. The molecule has 0 aliphatic heterocycles. The molecular weight excluding hydrogens is 194 g/mol. The molecule has 0 saturated heterocycles. The molecule has 1 saturated carbocycles. The second kappa shape index (κ2) is 3.59. The Labute approximate surface area is 98.0 Å². The lowest BCUT2D eigenvalue weighted by Crippen LogP contribution is -2.48. The molecule has 1 nitrogen and oxygen atoms in total. The predicted molar refractivity (Wildman–Crippen MR) is 67.6 cm³/mol. The second-order valence-electron chi connectivity index (χ2n) is 5.64. The molecule has 1 fully saturated rings. The third kappa shape index (κ3) is 1.27. The third-order valence-corrected chi connectivity index (χ3v) is 4.87. The first-order valence-electron chi connectivity index (χ1n) is 6.56. The largest absolute Gasteiger partial charge is 0.330 e. The lowest BCUT2D eigenvalue weighted by atomic mass is 9.53. The maximum atomic E-state index is 5.98. The first kappa shape index (κ1) is 10.3. The van der Waals surface area contributed by atoms with Gasteiger partial charge in [0, 0.05) is 0 Å². The van der Waals surface area contributed by atoms with Crippen molar-refractivity contribution in [3.8, 4) is 0 Å². The van der Waals surface area contributed by atoms with Gasteiger partial charge in [-0.15, -0.1) is 0 Å². The van der Waals surface area contributed by atoms with Crippen molar-refractivity contribution in [2.24, 2.45) is 11.7 Å². The monoisotopic (exact) mass is 215 g/mol. The molecule has 1 spiro atoms. The zero-order valence-electron chi connectivity index (χ0n) is 10.1. The van der Waals surface area contributed by atoms with Crippen molar-refractivity contribution in [2.45, 2.75) is 44.4 Å². The summed E-state index contributed by atoms with van der Waals surface area (Å²) in [7, 11) is 0. The lowest BCUT2D eigenvalue weighted by Gasteiger charge is -2.52. The summed E-state index contributed by atoms with van der Waals surface area (Å²) in [6.07, 6.45) is 6.66. The molecule has 1 atom stereocenters. The van der Waals surface area contributed by atoms with E-state index in [4.69, 9.17) is 5.73 Å². The predicted octanol–water partition coefficient (Wildman–Crippen LogP) is 2.94. The summed E-state index contributed by atoms with van der Waals surface area (Å²) in [6.45, 7) is 3.07. The number of hydrogen-bond donors (Lipinski definition) is 1. The van der Waals surface area contributed by atoms with E-state index in [2.05, 4.69) is 25.1 Å². The Morgan fingerprint density at radius 3 is 2.81 bits per heavy atom. The average molecular weight is 215 g/mol. The molecule has 0 bridgehead atoms. The molecule has 2 aliphatic rings. The fourth-order valence-corrected chi connectivity index (χ4v) is 3.82. The molecule has 0 amide bonds. The molecule has 2 aliphatic carbocycles. The standard InChI is InChI=1S/C15H21N/c1-11-3-6-14-12(9-11)4-5-13(10-16)15(14)7-2-8-15/h3,6,9,13H,2,4-5,7-8,10,16H2,1H3. The van der Waals surface area contributed by atoms with Crippen LogP contribution in [0.1, 0.15) is 42.4 Å². The molecule has 1 unspecified atom stereocenters. The minimum absolute atomic E-state index is 0.468. The molecular formula is C15H21N. The van der Waals surface area contributed by atoms with Crippen molar-refractivity contribution in [1.82, 2.24) is 0 Å². The second-order valence-corrected chi connectivity index (χ2v) is 5.64. The average Bonchev–Trinajstić information content (AvgIpc) is 2.24. The number of aryl methyl sites for hydroxylation is 2. The van der Waals surface area contributed by atoms with Gasteiger partial charge in [0.05, 0.1) is 0 Å². The highest BCUT2D eigenvalue weighted by atomic mass is 14.6. The van der Waals surface area contributed by atoms with Crippen molar-refractivity contribution in [3.05, 3.63) is 34.9 Å². The van der Waals surface area contributed by atoms with E-state index in [1.165, 1.54) is 37.7 Å². The van der Waals surface area contributed by atoms with Crippen molar-refractivity contribution in [3.63, 3.8) is 0 Å².